The molecule has 0 atom stereocenters. The van der Waals surface area contributed by atoms with Gasteiger partial charge in [0, 0.05) is 28.8 Å². The van der Waals surface area contributed by atoms with Crippen LogP contribution in [0.15, 0.2) is 189 Å². The van der Waals surface area contributed by atoms with E-state index in [-0.39, 0.29) is 0 Å². The first-order chi connectivity index (χ1) is 24.7. The van der Waals surface area contributed by atoms with Gasteiger partial charge in [-0.2, -0.15) is 9.97 Å². The number of allylic oxidation sites excluding steroid dienone is 4. The lowest BCUT2D eigenvalue weighted by Gasteiger charge is -2.28. The van der Waals surface area contributed by atoms with Crippen LogP contribution in [0.4, 0.5) is 11.6 Å². The highest BCUT2D eigenvalue weighted by atomic mass is 15.3. The van der Waals surface area contributed by atoms with Crippen LogP contribution >= 0.6 is 0 Å². The van der Waals surface area contributed by atoms with Gasteiger partial charge < -0.3 is 4.90 Å². The number of hydrogen-bond donors (Lipinski definition) is 0. The van der Waals surface area contributed by atoms with Crippen molar-refractivity contribution in [2.45, 2.75) is 0 Å². The summed E-state index contributed by atoms with van der Waals surface area (Å²) < 4.78 is 0. The van der Waals surface area contributed by atoms with Crippen LogP contribution in [-0.2, 0) is 0 Å². The standard InChI is InChI=1S/C46H34N4/c1-33-16-6-5-13-31-50(46-48-44(37-19-9-3-10-20-37)47-45(49-46)38-21-11-4-12-22-38)43-41(33)25-15-26-42(43)40-24-14-23-39(32-40)36-29-27-35(28-30-36)34-17-7-2-8-18-34/h2-30,32H,1,31H2/b13-5-,16-6-. The Bertz CT molecular complexity index is 2290. The van der Waals surface area contributed by atoms with Gasteiger partial charge in [0.15, 0.2) is 11.6 Å². The second-order valence-electron chi connectivity index (χ2n) is 12.2. The zero-order valence-electron chi connectivity index (χ0n) is 27.5. The lowest BCUT2D eigenvalue weighted by molar-refractivity contribution is 0.960. The van der Waals surface area contributed by atoms with Gasteiger partial charge in [-0.15, -0.1) is 0 Å². The molecule has 0 saturated heterocycles. The molecule has 8 rings (SSSR count). The van der Waals surface area contributed by atoms with Crippen molar-refractivity contribution in [3.8, 4) is 56.2 Å². The lowest BCUT2D eigenvalue weighted by Crippen LogP contribution is -2.22. The maximum absolute atomic E-state index is 5.13. The van der Waals surface area contributed by atoms with E-state index in [4.69, 9.17) is 15.0 Å². The zero-order valence-corrected chi connectivity index (χ0v) is 27.5. The summed E-state index contributed by atoms with van der Waals surface area (Å²) in [5.74, 6) is 1.81. The highest BCUT2D eigenvalue weighted by molar-refractivity contribution is 5.94. The van der Waals surface area contributed by atoms with Gasteiger partial charge in [0.1, 0.15) is 0 Å². The number of rotatable bonds is 6. The molecule has 1 aliphatic heterocycles. The predicted molar refractivity (Wildman–Crippen MR) is 208 cm³/mol. The number of aromatic nitrogens is 3. The van der Waals surface area contributed by atoms with Gasteiger partial charge in [-0.25, -0.2) is 4.98 Å². The number of anilines is 2. The Kier molecular flexibility index (Phi) is 8.49. The number of hydrogen-bond acceptors (Lipinski definition) is 4. The molecule has 238 valence electrons. The minimum Gasteiger partial charge on any atom is -0.305 e. The Balaban J connectivity index is 1.28. The lowest BCUT2D eigenvalue weighted by atomic mass is 9.93. The maximum atomic E-state index is 5.13. The van der Waals surface area contributed by atoms with Crippen molar-refractivity contribution in [3.05, 3.63) is 194 Å². The van der Waals surface area contributed by atoms with E-state index in [9.17, 15) is 0 Å². The van der Waals surface area contributed by atoms with E-state index in [1.54, 1.807) is 0 Å². The van der Waals surface area contributed by atoms with Crippen molar-refractivity contribution in [1.29, 1.82) is 0 Å². The normalized spacial score (nSPS) is 13.8. The third-order valence-corrected chi connectivity index (χ3v) is 8.91. The van der Waals surface area contributed by atoms with Crippen LogP contribution in [0.25, 0.3) is 61.7 Å². The molecule has 0 bridgehead atoms. The first-order valence-corrected chi connectivity index (χ1v) is 16.8. The largest absolute Gasteiger partial charge is 0.305 e. The van der Waals surface area contributed by atoms with Gasteiger partial charge in [0.2, 0.25) is 5.95 Å². The molecule has 0 radical (unpaired) electrons. The Hall–Kier alpha value is -6.65. The van der Waals surface area contributed by atoms with Gasteiger partial charge >= 0.3 is 0 Å². The van der Waals surface area contributed by atoms with Crippen molar-refractivity contribution >= 4 is 17.2 Å². The molecule has 7 aromatic rings. The summed E-state index contributed by atoms with van der Waals surface area (Å²) in [4.78, 5) is 17.4. The Morgan fingerprint density at radius 3 is 1.58 bits per heavy atom. The molecule has 50 heavy (non-hydrogen) atoms. The SMILES string of the molecule is C=C1/C=C\C=C/CN(c2nc(-c3ccccc3)nc(-c3ccccc3)n2)c2c1cccc2-c1cccc(-c2ccc(-c3ccccc3)cc2)c1. The van der Waals surface area contributed by atoms with E-state index in [1.807, 2.05) is 72.8 Å². The van der Waals surface area contributed by atoms with Crippen molar-refractivity contribution in [2.24, 2.45) is 0 Å². The Morgan fingerprint density at radius 2 is 0.940 bits per heavy atom. The van der Waals surface area contributed by atoms with Crippen LogP contribution in [0.2, 0.25) is 0 Å². The number of fused-ring (bicyclic) bond motifs is 1. The average Bonchev–Trinajstić information content (AvgIpc) is 3.28. The average molecular weight is 643 g/mol. The summed E-state index contributed by atoms with van der Waals surface area (Å²) in [6.45, 7) is 5.04. The van der Waals surface area contributed by atoms with Crippen LogP contribution in [0, 0.1) is 0 Å². The third-order valence-electron chi connectivity index (χ3n) is 8.91. The topological polar surface area (TPSA) is 41.9 Å². The van der Waals surface area contributed by atoms with E-state index in [2.05, 4.69) is 121 Å². The number of nitrogens with zero attached hydrogens (tertiary/aromatic N) is 4. The summed E-state index contributed by atoms with van der Waals surface area (Å²) in [5.41, 5.74) is 11.6. The van der Waals surface area contributed by atoms with E-state index in [0.29, 0.717) is 24.1 Å². The molecule has 0 amide bonds. The van der Waals surface area contributed by atoms with E-state index in [0.717, 1.165) is 50.2 Å². The van der Waals surface area contributed by atoms with Crippen molar-refractivity contribution in [2.75, 3.05) is 11.4 Å². The van der Waals surface area contributed by atoms with Gasteiger partial charge in [-0.3, -0.25) is 0 Å². The second kappa shape index (κ2) is 13.8. The van der Waals surface area contributed by atoms with Gasteiger partial charge in [-0.1, -0.05) is 183 Å². The van der Waals surface area contributed by atoms with Crippen LogP contribution in [0.3, 0.4) is 0 Å². The summed E-state index contributed by atoms with van der Waals surface area (Å²) in [6.07, 6.45) is 8.29. The fraction of sp³-hybridized carbons (Fsp3) is 0.0217. The molecular weight excluding hydrogens is 609 g/mol. The first kappa shape index (κ1) is 30.7. The maximum Gasteiger partial charge on any atom is 0.234 e. The molecule has 0 saturated carbocycles. The molecule has 2 heterocycles. The Morgan fingerprint density at radius 1 is 0.440 bits per heavy atom. The molecule has 4 heteroatoms. The smallest absolute Gasteiger partial charge is 0.234 e. The summed E-state index contributed by atoms with van der Waals surface area (Å²) in [7, 11) is 0. The monoisotopic (exact) mass is 642 g/mol. The molecule has 0 spiro atoms. The van der Waals surface area contributed by atoms with E-state index in [1.165, 1.54) is 11.1 Å². The number of para-hydroxylation sites is 1. The number of benzene rings is 6. The molecule has 1 aliphatic rings. The molecule has 0 fully saturated rings. The van der Waals surface area contributed by atoms with E-state index < -0.39 is 0 Å². The molecule has 0 N–H and O–H groups in total. The van der Waals surface area contributed by atoms with Gasteiger partial charge in [-0.05, 0) is 39.5 Å². The summed E-state index contributed by atoms with van der Waals surface area (Å²) in [5, 5.41) is 0. The molecule has 0 unspecified atom stereocenters. The molecule has 6 aromatic carbocycles. The summed E-state index contributed by atoms with van der Waals surface area (Å²) in [6, 6.07) is 54.6. The molecular formula is C46H34N4. The van der Waals surface area contributed by atoms with Crippen molar-refractivity contribution < 1.29 is 0 Å². The van der Waals surface area contributed by atoms with Gasteiger partial charge in [0.25, 0.3) is 0 Å². The molecule has 0 aliphatic carbocycles. The predicted octanol–water partition coefficient (Wildman–Crippen LogP) is 11.5. The minimum absolute atomic E-state index is 0.550. The van der Waals surface area contributed by atoms with Crippen molar-refractivity contribution in [1.82, 2.24) is 15.0 Å². The van der Waals surface area contributed by atoms with E-state index >= 15 is 0 Å². The van der Waals surface area contributed by atoms with Crippen LogP contribution in [0.5, 0.6) is 0 Å². The molecule has 1 aromatic heterocycles. The van der Waals surface area contributed by atoms with Gasteiger partial charge in [0.05, 0.1) is 5.69 Å². The quantitative estimate of drug-likeness (QED) is 0.181. The third kappa shape index (κ3) is 6.30. The fourth-order valence-electron chi connectivity index (χ4n) is 6.38. The highest BCUT2D eigenvalue weighted by Crippen LogP contribution is 2.42. The minimum atomic E-state index is 0.550. The second-order valence-corrected chi connectivity index (χ2v) is 12.2. The fourth-order valence-corrected chi connectivity index (χ4v) is 6.38. The summed E-state index contributed by atoms with van der Waals surface area (Å²) >= 11 is 0. The van der Waals surface area contributed by atoms with Crippen LogP contribution in [-0.4, -0.2) is 21.5 Å². The van der Waals surface area contributed by atoms with Crippen LogP contribution < -0.4 is 4.90 Å². The Labute approximate surface area is 293 Å². The molecule has 4 nitrogen and oxygen atoms in total. The first-order valence-electron chi connectivity index (χ1n) is 16.8. The van der Waals surface area contributed by atoms with Crippen molar-refractivity contribution in [3.63, 3.8) is 0 Å². The van der Waals surface area contributed by atoms with Crippen LogP contribution in [0.1, 0.15) is 5.56 Å². The zero-order chi connectivity index (χ0) is 33.7. The highest BCUT2D eigenvalue weighted by Gasteiger charge is 2.24.